The molecule has 0 saturated heterocycles. The van der Waals surface area contributed by atoms with Gasteiger partial charge in [-0.3, -0.25) is 13.8 Å². The van der Waals surface area contributed by atoms with Crippen molar-refractivity contribution >= 4 is 13.7 Å². The lowest BCUT2D eigenvalue weighted by atomic mass is 10.0. The largest absolute Gasteiger partial charge is 0.472 e. The Bertz CT molecular complexity index is 669. The first-order valence-electron chi connectivity index (χ1n) is 18.7. The topological polar surface area (TPSA) is 131 Å². The molecule has 0 aliphatic heterocycles. The zero-order valence-corrected chi connectivity index (χ0v) is 29.8. The van der Waals surface area contributed by atoms with Crippen LogP contribution in [-0.2, 0) is 18.4 Å². The van der Waals surface area contributed by atoms with E-state index in [0.29, 0.717) is 12.8 Å². The van der Waals surface area contributed by atoms with Gasteiger partial charge >= 0.3 is 7.82 Å². The lowest BCUT2D eigenvalue weighted by Crippen LogP contribution is -2.46. The van der Waals surface area contributed by atoms with Crippen molar-refractivity contribution in [2.45, 2.75) is 199 Å². The summed E-state index contributed by atoms with van der Waals surface area (Å²) in [5, 5.41) is 13.7. The van der Waals surface area contributed by atoms with Crippen molar-refractivity contribution in [3.63, 3.8) is 0 Å². The third kappa shape index (κ3) is 30.2. The van der Waals surface area contributed by atoms with Gasteiger partial charge in [0.15, 0.2) is 0 Å². The van der Waals surface area contributed by atoms with Crippen LogP contribution in [0.25, 0.3) is 0 Å². The van der Waals surface area contributed by atoms with Crippen LogP contribution in [-0.4, -0.2) is 47.8 Å². The van der Waals surface area contributed by atoms with Crippen LogP contribution in [0.2, 0.25) is 0 Å². The maximum atomic E-state index is 12.7. The van der Waals surface area contributed by atoms with Crippen LogP contribution in [0.1, 0.15) is 187 Å². The number of nitrogens with two attached hydrogens (primary N) is 1. The number of hydrogen-bond donors (Lipinski definition) is 4. The Hall–Kier alpha value is -0.500. The van der Waals surface area contributed by atoms with Crippen molar-refractivity contribution in [3.05, 3.63) is 0 Å². The molecule has 0 bridgehead atoms. The summed E-state index contributed by atoms with van der Waals surface area (Å²) in [4.78, 5) is 22.6. The van der Waals surface area contributed by atoms with Gasteiger partial charge in [-0.25, -0.2) is 4.57 Å². The second-order valence-corrected chi connectivity index (χ2v) is 14.3. The molecule has 0 aliphatic rings. The van der Waals surface area contributed by atoms with Crippen molar-refractivity contribution in [1.29, 1.82) is 0 Å². The fourth-order valence-corrected chi connectivity index (χ4v) is 6.37. The minimum absolute atomic E-state index is 0.0920. The molecule has 0 aromatic heterocycles. The van der Waals surface area contributed by atoms with Crippen molar-refractivity contribution in [2.24, 2.45) is 5.73 Å². The second-order valence-electron chi connectivity index (χ2n) is 12.8. The number of phosphoric ester groups is 1. The van der Waals surface area contributed by atoms with E-state index in [-0.39, 0.29) is 25.7 Å². The van der Waals surface area contributed by atoms with Crippen LogP contribution in [0.3, 0.4) is 0 Å². The zero-order chi connectivity index (χ0) is 32.6. The summed E-state index contributed by atoms with van der Waals surface area (Å²) in [5.74, 6) is -0.162. The number of carbonyl (C=O) groups excluding carboxylic acids is 1. The maximum Gasteiger partial charge on any atom is 0.472 e. The molecule has 264 valence electrons. The van der Waals surface area contributed by atoms with Gasteiger partial charge in [-0.15, -0.1) is 0 Å². The molecule has 3 atom stereocenters. The van der Waals surface area contributed by atoms with Crippen LogP contribution in [0.5, 0.6) is 0 Å². The third-order valence-corrected chi connectivity index (χ3v) is 9.45. The molecule has 9 heteroatoms. The van der Waals surface area contributed by atoms with E-state index in [2.05, 4.69) is 19.2 Å². The highest BCUT2D eigenvalue weighted by molar-refractivity contribution is 7.47. The van der Waals surface area contributed by atoms with Crippen LogP contribution in [0, 0.1) is 0 Å². The summed E-state index contributed by atoms with van der Waals surface area (Å²) in [5.41, 5.74) is 5.35. The molecule has 0 saturated carbocycles. The summed E-state index contributed by atoms with van der Waals surface area (Å²) in [6.45, 7) is 4.20. The SMILES string of the molecule is CCCCCCCCCCCCCCCC[C@@H](O)[C@H](COP(=O)(O)OCCN)NC(=O)CCCCCCCCCCCCC. The maximum absolute atomic E-state index is 12.7. The van der Waals surface area contributed by atoms with Gasteiger partial charge in [-0.2, -0.15) is 0 Å². The van der Waals surface area contributed by atoms with Crippen molar-refractivity contribution in [1.82, 2.24) is 5.32 Å². The van der Waals surface area contributed by atoms with Crippen LogP contribution >= 0.6 is 7.82 Å². The van der Waals surface area contributed by atoms with Crippen LogP contribution in [0.4, 0.5) is 0 Å². The number of hydrogen-bond acceptors (Lipinski definition) is 6. The molecule has 0 fully saturated rings. The highest BCUT2D eigenvalue weighted by Crippen LogP contribution is 2.43. The number of nitrogens with one attached hydrogen (secondary N) is 1. The molecule has 0 aromatic carbocycles. The Balaban J connectivity index is 4.24. The lowest BCUT2D eigenvalue weighted by molar-refractivity contribution is -0.123. The van der Waals surface area contributed by atoms with E-state index in [0.717, 1.165) is 38.5 Å². The van der Waals surface area contributed by atoms with E-state index in [1.807, 2.05) is 0 Å². The standard InChI is InChI=1S/C35H73N2O6P/c1-3-5-7-9-11-13-15-16-17-19-20-22-24-26-28-34(38)33(32-43-44(40,41)42-31-30-36)37-35(39)29-27-25-23-21-18-14-12-10-8-6-4-2/h33-34,38H,3-32,36H2,1-2H3,(H,37,39)(H,40,41)/t33-,34+/m0/s1. The van der Waals surface area contributed by atoms with Gasteiger partial charge in [0.1, 0.15) is 0 Å². The summed E-state index contributed by atoms with van der Waals surface area (Å²) >= 11 is 0. The Morgan fingerprint density at radius 2 is 1.05 bits per heavy atom. The normalized spacial score (nSPS) is 14.4. The average molecular weight is 649 g/mol. The van der Waals surface area contributed by atoms with E-state index < -0.39 is 20.0 Å². The summed E-state index contributed by atoms with van der Waals surface area (Å²) in [6.07, 6.45) is 31.0. The molecule has 0 heterocycles. The Morgan fingerprint density at radius 1 is 0.659 bits per heavy atom. The molecule has 0 aromatic rings. The van der Waals surface area contributed by atoms with E-state index in [4.69, 9.17) is 14.8 Å². The molecule has 8 nitrogen and oxygen atoms in total. The van der Waals surface area contributed by atoms with E-state index in [1.165, 1.54) is 122 Å². The molecule has 1 amide bonds. The second kappa shape index (κ2) is 32.4. The lowest BCUT2D eigenvalue weighted by Gasteiger charge is -2.25. The molecule has 0 radical (unpaired) electrons. The minimum Gasteiger partial charge on any atom is -0.391 e. The molecule has 0 aliphatic carbocycles. The van der Waals surface area contributed by atoms with E-state index in [9.17, 15) is 19.4 Å². The summed E-state index contributed by atoms with van der Waals surface area (Å²) in [7, 11) is -4.30. The van der Waals surface area contributed by atoms with Crippen LogP contribution < -0.4 is 11.1 Å². The zero-order valence-electron chi connectivity index (χ0n) is 28.9. The summed E-state index contributed by atoms with van der Waals surface area (Å²) in [6, 6.07) is -0.765. The molecule has 0 spiro atoms. The van der Waals surface area contributed by atoms with Crippen molar-refractivity contribution < 1.29 is 28.4 Å². The molecule has 0 rings (SSSR count). The number of rotatable bonds is 35. The quantitative estimate of drug-likeness (QED) is 0.0398. The molecule has 1 unspecified atom stereocenters. The highest BCUT2D eigenvalue weighted by Gasteiger charge is 2.27. The molecule has 44 heavy (non-hydrogen) atoms. The van der Waals surface area contributed by atoms with Gasteiger partial charge in [-0.1, -0.05) is 168 Å². The van der Waals surface area contributed by atoms with Crippen molar-refractivity contribution in [2.75, 3.05) is 19.8 Å². The number of aliphatic hydroxyl groups is 1. The van der Waals surface area contributed by atoms with Gasteiger partial charge in [0.05, 0.1) is 25.4 Å². The van der Waals surface area contributed by atoms with Gasteiger partial charge in [0.2, 0.25) is 5.91 Å². The Morgan fingerprint density at radius 3 is 1.45 bits per heavy atom. The first-order chi connectivity index (χ1) is 21.4. The van der Waals surface area contributed by atoms with E-state index in [1.54, 1.807) is 0 Å². The smallest absolute Gasteiger partial charge is 0.391 e. The number of phosphoric acid groups is 1. The minimum atomic E-state index is -4.30. The van der Waals surface area contributed by atoms with Gasteiger partial charge < -0.3 is 21.1 Å². The number of aliphatic hydroxyl groups excluding tert-OH is 1. The van der Waals surface area contributed by atoms with Crippen LogP contribution in [0.15, 0.2) is 0 Å². The first kappa shape index (κ1) is 43.5. The number of amides is 1. The first-order valence-corrected chi connectivity index (χ1v) is 20.1. The predicted octanol–water partition coefficient (Wildman–Crippen LogP) is 9.50. The van der Waals surface area contributed by atoms with Gasteiger partial charge in [-0.05, 0) is 12.8 Å². The number of carbonyl (C=O) groups is 1. The van der Waals surface area contributed by atoms with Crippen molar-refractivity contribution in [3.8, 4) is 0 Å². The fourth-order valence-electron chi connectivity index (χ4n) is 5.61. The van der Waals surface area contributed by atoms with E-state index >= 15 is 0 Å². The summed E-state index contributed by atoms with van der Waals surface area (Å²) < 4.78 is 22.1. The molecular formula is C35H73N2O6P. The molecule has 5 N–H and O–H groups in total. The predicted molar refractivity (Wildman–Crippen MR) is 185 cm³/mol. The van der Waals surface area contributed by atoms with Gasteiger partial charge in [0.25, 0.3) is 0 Å². The highest BCUT2D eigenvalue weighted by atomic mass is 31.2. The fraction of sp³-hybridized carbons (Fsp3) is 0.971. The average Bonchev–Trinajstić information content (AvgIpc) is 3.01. The molecular weight excluding hydrogens is 575 g/mol. The Kier molecular flexibility index (Phi) is 32.1. The van der Waals surface area contributed by atoms with Gasteiger partial charge in [0, 0.05) is 13.0 Å². The monoisotopic (exact) mass is 649 g/mol. The third-order valence-electron chi connectivity index (χ3n) is 8.46. The number of unbranched alkanes of at least 4 members (excludes halogenated alkanes) is 23. The Labute approximate surface area is 272 Å².